The zero-order valence-corrected chi connectivity index (χ0v) is 12.3. The lowest BCUT2D eigenvalue weighted by atomic mass is 9.84. The number of carbonyl (C=O) groups is 2. The standard InChI is InChI=1S/C16H21N3O2/c1-18-11-14(20)17-15(21)16(18)8-5-9-19(12-16)10-13-6-3-2-4-7-13/h2-4,6-7H,5,8-12H2,1H3,(H,17,20,21). The van der Waals surface area contributed by atoms with Crippen LogP contribution < -0.4 is 5.32 Å². The van der Waals surface area contributed by atoms with Crippen molar-refractivity contribution in [1.29, 1.82) is 0 Å². The molecule has 2 aliphatic rings. The Balaban J connectivity index is 1.76. The summed E-state index contributed by atoms with van der Waals surface area (Å²) in [4.78, 5) is 28.1. The van der Waals surface area contributed by atoms with E-state index in [9.17, 15) is 9.59 Å². The van der Waals surface area contributed by atoms with Gasteiger partial charge in [-0.15, -0.1) is 0 Å². The average Bonchev–Trinajstić information content (AvgIpc) is 2.46. The van der Waals surface area contributed by atoms with Gasteiger partial charge in [0.05, 0.1) is 6.54 Å². The number of piperazine rings is 1. The second kappa shape index (κ2) is 5.58. The van der Waals surface area contributed by atoms with E-state index in [1.807, 2.05) is 30.1 Å². The molecule has 1 aromatic carbocycles. The summed E-state index contributed by atoms with van der Waals surface area (Å²) in [6.45, 7) is 2.81. The predicted molar refractivity (Wildman–Crippen MR) is 79.5 cm³/mol. The Morgan fingerprint density at radius 2 is 2.00 bits per heavy atom. The molecule has 2 amide bonds. The lowest BCUT2D eigenvalue weighted by Gasteiger charge is -2.48. The molecule has 0 saturated carbocycles. The molecule has 2 aliphatic heterocycles. The molecular weight excluding hydrogens is 266 g/mol. The Hall–Kier alpha value is -1.72. The molecule has 1 atom stereocenters. The van der Waals surface area contributed by atoms with Crippen LogP contribution in [0.2, 0.25) is 0 Å². The molecule has 1 unspecified atom stereocenters. The maximum atomic E-state index is 12.4. The van der Waals surface area contributed by atoms with Gasteiger partial charge >= 0.3 is 0 Å². The van der Waals surface area contributed by atoms with Crippen molar-refractivity contribution < 1.29 is 9.59 Å². The van der Waals surface area contributed by atoms with Gasteiger partial charge in [0.15, 0.2) is 0 Å². The Morgan fingerprint density at radius 1 is 1.24 bits per heavy atom. The van der Waals surface area contributed by atoms with Crippen LogP contribution in [0.15, 0.2) is 30.3 Å². The van der Waals surface area contributed by atoms with Gasteiger partial charge in [0, 0.05) is 13.1 Å². The summed E-state index contributed by atoms with van der Waals surface area (Å²) < 4.78 is 0. The minimum atomic E-state index is -0.555. The van der Waals surface area contributed by atoms with Crippen LogP contribution >= 0.6 is 0 Å². The highest BCUT2D eigenvalue weighted by atomic mass is 16.2. The van der Waals surface area contributed by atoms with E-state index in [1.54, 1.807) is 0 Å². The molecule has 2 heterocycles. The summed E-state index contributed by atoms with van der Waals surface area (Å²) in [6.07, 6.45) is 1.78. The molecule has 1 spiro atoms. The number of piperidine rings is 1. The smallest absolute Gasteiger partial charge is 0.248 e. The Bertz CT molecular complexity index is 546. The molecule has 2 fully saturated rings. The highest BCUT2D eigenvalue weighted by Crippen LogP contribution is 2.29. The first-order valence-electron chi connectivity index (χ1n) is 7.42. The molecule has 5 nitrogen and oxygen atoms in total. The van der Waals surface area contributed by atoms with Crippen LogP contribution in [0.5, 0.6) is 0 Å². The fourth-order valence-electron chi connectivity index (χ4n) is 3.42. The highest BCUT2D eigenvalue weighted by Gasteiger charge is 2.49. The van der Waals surface area contributed by atoms with Gasteiger partial charge in [0.25, 0.3) is 0 Å². The molecule has 2 saturated heterocycles. The number of rotatable bonds is 2. The fraction of sp³-hybridized carbons (Fsp3) is 0.500. The summed E-state index contributed by atoms with van der Waals surface area (Å²) in [7, 11) is 1.88. The minimum Gasteiger partial charge on any atom is -0.297 e. The lowest BCUT2D eigenvalue weighted by Crippen LogP contribution is -2.70. The monoisotopic (exact) mass is 287 g/mol. The number of benzene rings is 1. The highest BCUT2D eigenvalue weighted by molar-refractivity contribution is 6.03. The van der Waals surface area contributed by atoms with E-state index >= 15 is 0 Å². The number of likely N-dealkylation sites (N-methyl/N-ethyl adjacent to an activating group) is 1. The van der Waals surface area contributed by atoms with Crippen molar-refractivity contribution in [2.45, 2.75) is 24.9 Å². The molecule has 112 valence electrons. The van der Waals surface area contributed by atoms with Crippen molar-refractivity contribution in [3.8, 4) is 0 Å². The Labute approximate surface area is 124 Å². The molecule has 1 N–H and O–H groups in total. The minimum absolute atomic E-state index is 0.140. The van der Waals surface area contributed by atoms with Gasteiger partial charge in [0.1, 0.15) is 5.54 Å². The van der Waals surface area contributed by atoms with E-state index in [0.29, 0.717) is 13.1 Å². The summed E-state index contributed by atoms with van der Waals surface area (Å²) in [5, 5.41) is 2.51. The summed E-state index contributed by atoms with van der Waals surface area (Å²) in [5.41, 5.74) is 0.700. The van der Waals surface area contributed by atoms with Crippen LogP contribution in [0.25, 0.3) is 0 Å². The number of hydrogen-bond acceptors (Lipinski definition) is 4. The van der Waals surface area contributed by atoms with Crippen LogP contribution in [0.3, 0.4) is 0 Å². The van der Waals surface area contributed by atoms with E-state index in [4.69, 9.17) is 0 Å². The maximum Gasteiger partial charge on any atom is 0.248 e. The van der Waals surface area contributed by atoms with E-state index in [0.717, 1.165) is 25.9 Å². The Morgan fingerprint density at radius 3 is 2.71 bits per heavy atom. The van der Waals surface area contributed by atoms with Gasteiger partial charge < -0.3 is 0 Å². The summed E-state index contributed by atoms with van der Waals surface area (Å²) in [5.74, 6) is -0.340. The lowest BCUT2D eigenvalue weighted by molar-refractivity contribution is -0.149. The number of nitrogens with zero attached hydrogens (tertiary/aromatic N) is 2. The first-order valence-corrected chi connectivity index (χ1v) is 7.42. The molecule has 5 heteroatoms. The zero-order valence-electron chi connectivity index (χ0n) is 12.3. The quantitative estimate of drug-likeness (QED) is 0.810. The number of likely N-dealkylation sites (tertiary alicyclic amines) is 1. The summed E-state index contributed by atoms with van der Waals surface area (Å²) >= 11 is 0. The molecule has 0 aliphatic carbocycles. The zero-order chi connectivity index (χ0) is 14.9. The van der Waals surface area contributed by atoms with Gasteiger partial charge in [-0.05, 0) is 32.0 Å². The second-order valence-electron chi connectivity index (χ2n) is 6.06. The van der Waals surface area contributed by atoms with Crippen molar-refractivity contribution in [2.75, 3.05) is 26.7 Å². The van der Waals surface area contributed by atoms with Crippen molar-refractivity contribution in [3.63, 3.8) is 0 Å². The SMILES string of the molecule is CN1CC(=O)NC(=O)C12CCCN(Cc1ccccc1)C2. The molecule has 1 aromatic rings. The third-order valence-electron chi connectivity index (χ3n) is 4.59. The van der Waals surface area contributed by atoms with Gasteiger partial charge in [0.2, 0.25) is 11.8 Å². The molecule has 0 radical (unpaired) electrons. The van der Waals surface area contributed by atoms with Crippen molar-refractivity contribution in [1.82, 2.24) is 15.1 Å². The van der Waals surface area contributed by atoms with Crippen molar-refractivity contribution in [2.24, 2.45) is 0 Å². The Kier molecular flexibility index (Phi) is 3.78. The van der Waals surface area contributed by atoms with Crippen LogP contribution in [-0.4, -0.2) is 53.8 Å². The van der Waals surface area contributed by atoms with E-state index in [-0.39, 0.29) is 11.8 Å². The predicted octanol–water partition coefficient (Wildman–Crippen LogP) is 0.609. The van der Waals surface area contributed by atoms with Crippen molar-refractivity contribution in [3.05, 3.63) is 35.9 Å². The second-order valence-corrected chi connectivity index (χ2v) is 6.06. The molecule has 0 bridgehead atoms. The first-order chi connectivity index (χ1) is 10.1. The average molecular weight is 287 g/mol. The third kappa shape index (κ3) is 2.71. The number of nitrogens with one attached hydrogen (secondary N) is 1. The largest absolute Gasteiger partial charge is 0.297 e. The van der Waals surface area contributed by atoms with Crippen LogP contribution in [0, 0.1) is 0 Å². The van der Waals surface area contributed by atoms with E-state index in [1.165, 1.54) is 5.56 Å². The molecule has 3 rings (SSSR count). The summed E-state index contributed by atoms with van der Waals surface area (Å²) in [6, 6.07) is 10.3. The first kappa shape index (κ1) is 14.2. The number of hydrogen-bond donors (Lipinski definition) is 1. The van der Waals surface area contributed by atoms with Crippen LogP contribution in [-0.2, 0) is 16.1 Å². The molecular formula is C16H21N3O2. The van der Waals surface area contributed by atoms with Gasteiger partial charge in [-0.25, -0.2) is 0 Å². The number of imide groups is 1. The maximum absolute atomic E-state index is 12.4. The van der Waals surface area contributed by atoms with Crippen molar-refractivity contribution >= 4 is 11.8 Å². The normalized spacial score (nSPS) is 27.9. The van der Waals surface area contributed by atoms with Gasteiger partial charge in [-0.2, -0.15) is 0 Å². The fourth-order valence-corrected chi connectivity index (χ4v) is 3.42. The molecule has 21 heavy (non-hydrogen) atoms. The number of amides is 2. The van der Waals surface area contributed by atoms with Crippen LogP contribution in [0.4, 0.5) is 0 Å². The van der Waals surface area contributed by atoms with Crippen LogP contribution in [0.1, 0.15) is 18.4 Å². The third-order valence-corrected chi connectivity index (χ3v) is 4.59. The van der Waals surface area contributed by atoms with E-state index in [2.05, 4.69) is 22.3 Å². The van der Waals surface area contributed by atoms with Gasteiger partial charge in [-0.3, -0.25) is 24.7 Å². The number of carbonyl (C=O) groups excluding carboxylic acids is 2. The molecule has 0 aromatic heterocycles. The topological polar surface area (TPSA) is 52.7 Å². The van der Waals surface area contributed by atoms with E-state index < -0.39 is 5.54 Å². The van der Waals surface area contributed by atoms with Gasteiger partial charge in [-0.1, -0.05) is 30.3 Å².